The summed E-state index contributed by atoms with van der Waals surface area (Å²) in [6.45, 7) is 2.74. The van der Waals surface area contributed by atoms with Crippen LogP contribution >= 0.6 is 12.4 Å². The summed E-state index contributed by atoms with van der Waals surface area (Å²) in [6, 6.07) is 0. The number of amides is 1. The van der Waals surface area contributed by atoms with Gasteiger partial charge in [0.1, 0.15) is 5.69 Å². The molecule has 0 aliphatic carbocycles. The van der Waals surface area contributed by atoms with Crippen molar-refractivity contribution in [2.24, 2.45) is 0 Å². The van der Waals surface area contributed by atoms with Gasteiger partial charge in [-0.25, -0.2) is 4.98 Å². The summed E-state index contributed by atoms with van der Waals surface area (Å²) in [6.07, 6.45) is 3.43. The summed E-state index contributed by atoms with van der Waals surface area (Å²) in [5, 5.41) is 2.74. The maximum atomic E-state index is 11.3. The summed E-state index contributed by atoms with van der Waals surface area (Å²) >= 11 is 0. The van der Waals surface area contributed by atoms with E-state index in [1.165, 1.54) is 6.33 Å². The van der Waals surface area contributed by atoms with Gasteiger partial charge in [0.15, 0.2) is 5.82 Å². The van der Waals surface area contributed by atoms with Crippen LogP contribution in [0.3, 0.4) is 0 Å². The zero-order valence-corrected chi connectivity index (χ0v) is 8.86. The van der Waals surface area contributed by atoms with Crippen molar-refractivity contribution >= 4 is 24.1 Å². The number of imidazole rings is 1. The first-order valence-electron chi connectivity index (χ1n) is 4.32. The molecule has 0 bridgehead atoms. The van der Waals surface area contributed by atoms with E-state index in [4.69, 9.17) is 5.73 Å². The molecule has 1 aromatic heterocycles. The lowest BCUT2D eigenvalue weighted by Gasteiger charge is -2.01. The van der Waals surface area contributed by atoms with Gasteiger partial charge in [-0.2, -0.15) is 0 Å². The molecule has 5 nitrogen and oxygen atoms in total. The fourth-order valence-electron chi connectivity index (χ4n) is 0.954. The highest BCUT2D eigenvalue weighted by atomic mass is 35.5. The predicted molar refractivity (Wildman–Crippen MR) is 57.5 cm³/mol. The van der Waals surface area contributed by atoms with Gasteiger partial charge >= 0.3 is 0 Å². The summed E-state index contributed by atoms with van der Waals surface area (Å²) in [7, 11) is 0. The van der Waals surface area contributed by atoms with Crippen molar-refractivity contribution in [1.29, 1.82) is 0 Å². The number of aromatic amines is 1. The Kier molecular flexibility index (Phi) is 5.71. The summed E-state index contributed by atoms with van der Waals surface area (Å²) < 4.78 is 0. The third-order valence-corrected chi connectivity index (χ3v) is 1.71. The average Bonchev–Trinajstić information content (AvgIpc) is 2.52. The van der Waals surface area contributed by atoms with Crippen LogP contribution in [0.5, 0.6) is 0 Å². The molecule has 0 saturated heterocycles. The number of rotatable bonds is 4. The maximum absolute atomic E-state index is 11.3. The van der Waals surface area contributed by atoms with Crippen molar-refractivity contribution in [2.45, 2.75) is 19.8 Å². The molecule has 14 heavy (non-hydrogen) atoms. The van der Waals surface area contributed by atoms with E-state index in [1.807, 2.05) is 0 Å². The van der Waals surface area contributed by atoms with E-state index in [2.05, 4.69) is 22.2 Å². The number of hydrogen-bond acceptors (Lipinski definition) is 3. The van der Waals surface area contributed by atoms with E-state index in [0.29, 0.717) is 12.2 Å². The lowest BCUT2D eigenvalue weighted by atomic mass is 10.3. The number of nitrogens with zero attached hydrogens (tertiary/aromatic N) is 1. The fourth-order valence-corrected chi connectivity index (χ4v) is 0.954. The molecule has 0 aliphatic heterocycles. The Balaban J connectivity index is 0.00000169. The molecule has 6 heteroatoms. The molecule has 0 radical (unpaired) electrons. The lowest BCUT2D eigenvalue weighted by molar-refractivity contribution is 0.0949. The van der Waals surface area contributed by atoms with Crippen molar-refractivity contribution < 1.29 is 4.79 Å². The Bertz CT molecular complexity index is 287. The smallest absolute Gasteiger partial charge is 0.271 e. The Morgan fingerprint density at radius 2 is 2.43 bits per heavy atom. The minimum atomic E-state index is -0.191. The fraction of sp³-hybridized carbons (Fsp3) is 0.500. The quantitative estimate of drug-likeness (QED) is 0.658. The third kappa shape index (κ3) is 3.26. The third-order valence-electron chi connectivity index (χ3n) is 1.71. The van der Waals surface area contributed by atoms with Crippen LogP contribution in [0.4, 0.5) is 5.82 Å². The van der Waals surface area contributed by atoms with Crippen LogP contribution in [0.1, 0.15) is 30.3 Å². The maximum Gasteiger partial charge on any atom is 0.271 e. The number of H-pyrrole nitrogens is 1. The monoisotopic (exact) mass is 218 g/mol. The van der Waals surface area contributed by atoms with Crippen molar-refractivity contribution in [2.75, 3.05) is 12.3 Å². The van der Waals surface area contributed by atoms with E-state index in [0.717, 1.165) is 12.8 Å². The van der Waals surface area contributed by atoms with E-state index in [1.54, 1.807) is 0 Å². The van der Waals surface area contributed by atoms with E-state index < -0.39 is 0 Å². The summed E-state index contributed by atoms with van der Waals surface area (Å²) in [4.78, 5) is 17.8. The van der Waals surface area contributed by atoms with Crippen molar-refractivity contribution in [3.8, 4) is 0 Å². The van der Waals surface area contributed by atoms with Gasteiger partial charge in [-0.05, 0) is 6.42 Å². The normalized spacial score (nSPS) is 9.21. The predicted octanol–water partition coefficient (Wildman–Crippen LogP) is 0.944. The van der Waals surface area contributed by atoms with Gasteiger partial charge in [0.05, 0.1) is 6.33 Å². The van der Waals surface area contributed by atoms with Gasteiger partial charge < -0.3 is 16.0 Å². The van der Waals surface area contributed by atoms with E-state index >= 15 is 0 Å². The number of carbonyl (C=O) groups excluding carboxylic acids is 1. The molecule has 0 fully saturated rings. The van der Waals surface area contributed by atoms with Crippen LogP contribution in [0.2, 0.25) is 0 Å². The Morgan fingerprint density at radius 3 is 2.93 bits per heavy atom. The molecule has 1 rings (SSSR count). The van der Waals surface area contributed by atoms with Gasteiger partial charge in [-0.3, -0.25) is 4.79 Å². The van der Waals surface area contributed by atoms with Crippen LogP contribution in [0.15, 0.2) is 6.33 Å². The van der Waals surface area contributed by atoms with Crippen LogP contribution < -0.4 is 11.1 Å². The largest absolute Gasteiger partial charge is 0.382 e. The molecule has 4 N–H and O–H groups in total. The minimum absolute atomic E-state index is 0. The van der Waals surface area contributed by atoms with Crippen LogP contribution in [0.25, 0.3) is 0 Å². The first kappa shape index (κ1) is 12.8. The van der Waals surface area contributed by atoms with Gasteiger partial charge in [-0.15, -0.1) is 12.4 Å². The Hall–Kier alpha value is -1.23. The first-order chi connectivity index (χ1) is 6.25. The molecule has 0 saturated carbocycles. The highest BCUT2D eigenvalue weighted by molar-refractivity contribution is 5.96. The molecule has 1 heterocycles. The number of nitrogens with two attached hydrogens (primary N) is 1. The SMILES string of the molecule is CCCCNC(=O)c1[nH]cnc1N.Cl. The standard InChI is InChI=1S/C8H14N4O.ClH/c1-2-3-4-10-8(13)6-7(9)12-5-11-6;/h5H,2-4,9H2,1H3,(H,10,13)(H,11,12);1H. The van der Waals surface area contributed by atoms with Gasteiger partial charge in [-0.1, -0.05) is 13.3 Å². The van der Waals surface area contributed by atoms with Crippen LogP contribution in [-0.4, -0.2) is 22.4 Å². The Morgan fingerprint density at radius 1 is 1.71 bits per heavy atom. The number of unbranched alkanes of at least 4 members (excludes halogenated alkanes) is 1. The lowest BCUT2D eigenvalue weighted by Crippen LogP contribution is -2.25. The topological polar surface area (TPSA) is 83.8 Å². The molecule has 0 atom stereocenters. The number of nitrogens with one attached hydrogen (secondary N) is 2. The molecule has 1 aromatic rings. The highest BCUT2D eigenvalue weighted by Gasteiger charge is 2.10. The molecular weight excluding hydrogens is 204 g/mol. The number of hydrogen-bond donors (Lipinski definition) is 3. The molecule has 0 unspecified atom stereocenters. The van der Waals surface area contributed by atoms with Gasteiger partial charge in [0, 0.05) is 6.54 Å². The van der Waals surface area contributed by atoms with Crippen LogP contribution in [0, 0.1) is 0 Å². The first-order valence-corrected chi connectivity index (χ1v) is 4.32. The number of halogens is 1. The number of aromatic nitrogens is 2. The molecule has 0 aliphatic rings. The minimum Gasteiger partial charge on any atom is -0.382 e. The van der Waals surface area contributed by atoms with Crippen LogP contribution in [-0.2, 0) is 0 Å². The molecule has 1 amide bonds. The second kappa shape index (κ2) is 6.26. The number of carbonyl (C=O) groups is 1. The van der Waals surface area contributed by atoms with Crippen molar-refractivity contribution in [3.05, 3.63) is 12.0 Å². The number of nitrogen functional groups attached to an aromatic ring is 1. The van der Waals surface area contributed by atoms with E-state index in [-0.39, 0.29) is 24.1 Å². The zero-order chi connectivity index (χ0) is 9.68. The second-order valence-corrected chi connectivity index (χ2v) is 2.77. The van der Waals surface area contributed by atoms with E-state index in [9.17, 15) is 4.79 Å². The van der Waals surface area contributed by atoms with Crippen molar-refractivity contribution in [1.82, 2.24) is 15.3 Å². The van der Waals surface area contributed by atoms with Gasteiger partial charge in [0.2, 0.25) is 0 Å². The Labute approximate surface area is 88.9 Å². The summed E-state index contributed by atoms with van der Waals surface area (Å²) in [5.41, 5.74) is 5.79. The van der Waals surface area contributed by atoms with Crippen molar-refractivity contribution in [3.63, 3.8) is 0 Å². The molecule has 0 spiro atoms. The average molecular weight is 219 g/mol. The number of anilines is 1. The molecule has 80 valence electrons. The molecule has 0 aromatic carbocycles. The molecular formula is C8H15ClN4O. The summed E-state index contributed by atoms with van der Waals surface area (Å²) in [5.74, 6) is 0.0532. The second-order valence-electron chi connectivity index (χ2n) is 2.77. The van der Waals surface area contributed by atoms with Gasteiger partial charge in [0.25, 0.3) is 5.91 Å². The highest BCUT2D eigenvalue weighted by Crippen LogP contribution is 2.02. The zero-order valence-electron chi connectivity index (χ0n) is 8.04.